The minimum absolute atomic E-state index is 0.114. The molecule has 8 nitrogen and oxygen atoms in total. The Kier molecular flexibility index (Phi) is 4.26. The summed E-state index contributed by atoms with van der Waals surface area (Å²) >= 11 is 1.11. The van der Waals surface area contributed by atoms with Gasteiger partial charge >= 0.3 is 0 Å². The average molecular weight is 346 g/mol. The average Bonchev–Trinajstić information content (AvgIpc) is 2.86. The second-order valence-corrected chi connectivity index (χ2v) is 6.31. The number of benzene rings is 1. The molecule has 24 heavy (non-hydrogen) atoms. The quantitative estimate of drug-likeness (QED) is 0.654. The van der Waals surface area contributed by atoms with Crippen LogP contribution in [0.25, 0.3) is 0 Å². The molecular weight excluding hydrogens is 332 g/mol. The number of aryl methyl sites for hydroxylation is 1. The number of anilines is 1. The van der Waals surface area contributed by atoms with E-state index in [1.165, 1.54) is 25.1 Å². The highest BCUT2D eigenvalue weighted by Crippen LogP contribution is 2.27. The first-order valence-electron chi connectivity index (χ1n) is 7.30. The van der Waals surface area contributed by atoms with Gasteiger partial charge in [-0.25, -0.2) is 4.98 Å². The van der Waals surface area contributed by atoms with Crippen LogP contribution in [0, 0.1) is 17.0 Å². The molecule has 0 spiro atoms. The number of nitro benzene ring substituents is 1. The van der Waals surface area contributed by atoms with E-state index in [1.54, 1.807) is 0 Å². The summed E-state index contributed by atoms with van der Waals surface area (Å²) in [5, 5.41) is 16.7. The number of fused-ring (bicyclic) bond motifs is 1. The Hall–Kier alpha value is -2.81. The maximum atomic E-state index is 12.4. The Morgan fingerprint density at radius 2 is 2.25 bits per heavy atom. The van der Waals surface area contributed by atoms with Crippen molar-refractivity contribution in [1.82, 2.24) is 10.3 Å². The lowest BCUT2D eigenvalue weighted by Crippen LogP contribution is -2.21. The topological polar surface area (TPSA) is 114 Å². The van der Waals surface area contributed by atoms with Crippen molar-refractivity contribution in [1.29, 1.82) is 0 Å². The third-order valence-corrected chi connectivity index (χ3v) is 4.76. The molecule has 9 heteroatoms. The Bertz CT molecular complexity index is 846. The number of nitro groups is 1. The van der Waals surface area contributed by atoms with Gasteiger partial charge in [-0.2, -0.15) is 0 Å². The summed E-state index contributed by atoms with van der Waals surface area (Å²) in [6.07, 6.45) is 1.45. The van der Waals surface area contributed by atoms with Gasteiger partial charge in [0.1, 0.15) is 4.88 Å². The Balaban J connectivity index is 1.86. The summed E-state index contributed by atoms with van der Waals surface area (Å²) in [4.78, 5) is 39.6. The van der Waals surface area contributed by atoms with Crippen molar-refractivity contribution >= 4 is 34.0 Å². The van der Waals surface area contributed by atoms with Crippen LogP contribution in [0.1, 0.15) is 37.7 Å². The van der Waals surface area contributed by atoms with E-state index in [1.807, 2.05) is 0 Å². The fourth-order valence-electron chi connectivity index (χ4n) is 2.52. The molecule has 0 saturated carbocycles. The molecular formula is C15H14N4O4S. The third-order valence-electron chi connectivity index (χ3n) is 3.75. The lowest BCUT2D eigenvalue weighted by Gasteiger charge is -2.05. The zero-order valence-corrected chi connectivity index (χ0v) is 13.6. The minimum atomic E-state index is -0.526. The fourth-order valence-corrected chi connectivity index (χ4v) is 3.45. The predicted molar refractivity (Wildman–Crippen MR) is 88.6 cm³/mol. The van der Waals surface area contributed by atoms with Crippen LogP contribution in [0.5, 0.6) is 0 Å². The summed E-state index contributed by atoms with van der Waals surface area (Å²) in [6, 6.07) is 4.33. The largest absolute Gasteiger partial charge is 0.351 e. The normalized spacial score (nSPS) is 13.6. The molecule has 2 N–H and O–H groups in total. The smallest absolute Gasteiger partial charge is 0.273 e. The molecule has 1 aliphatic rings. The molecule has 2 aromatic rings. The van der Waals surface area contributed by atoms with Gasteiger partial charge in [-0.1, -0.05) is 17.4 Å². The van der Waals surface area contributed by atoms with E-state index < -0.39 is 10.8 Å². The molecule has 0 saturated heterocycles. The van der Waals surface area contributed by atoms with Crippen LogP contribution in [0.3, 0.4) is 0 Å². The Morgan fingerprint density at radius 1 is 1.46 bits per heavy atom. The first kappa shape index (κ1) is 16.1. The van der Waals surface area contributed by atoms with Crippen molar-refractivity contribution in [3.05, 3.63) is 50.0 Å². The monoisotopic (exact) mass is 346 g/mol. The number of carbonyl (C=O) groups is 2. The number of thiazole rings is 1. The van der Waals surface area contributed by atoms with Crippen molar-refractivity contribution in [3.8, 4) is 0 Å². The summed E-state index contributed by atoms with van der Waals surface area (Å²) in [6.45, 7) is 2.13. The Morgan fingerprint density at radius 3 is 3.00 bits per heavy atom. The van der Waals surface area contributed by atoms with Crippen LogP contribution in [0.2, 0.25) is 0 Å². The second-order valence-electron chi connectivity index (χ2n) is 5.32. The van der Waals surface area contributed by atoms with Gasteiger partial charge < -0.3 is 5.32 Å². The minimum Gasteiger partial charge on any atom is -0.351 e. The molecule has 0 radical (unpaired) electrons. The predicted octanol–water partition coefficient (Wildman–Crippen LogP) is 2.29. The van der Waals surface area contributed by atoms with Crippen molar-refractivity contribution in [3.63, 3.8) is 0 Å². The van der Waals surface area contributed by atoms with Gasteiger partial charge in [-0.3, -0.25) is 25.0 Å². The summed E-state index contributed by atoms with van der Waals surface area (Å²) in [5.41, 5.74) is 1.05. The van der Waals surface area contributed by atoms with Gasteiger partial charge in [0.05, 0.1) is 10.6 Å². The van der Waals surface area contributed by atoms with E-state index >= 15 is 0 Å². The van der Waals surface area contributed by atoms with E-state index in [2.05, 4.69) is 15.6 Å². The van der Waals surface area contributed by atoms with Crippen LogP contribution in [0.4, 0.5) is 10.8 Å². The highest BCUT2D eigenvalue weighted by molar-refractivity contribution is 7.17. The number of aromatic nitrogens is 1. The van der Waals surface area contributed by atoms with Crippen LogP contribution in [-0.2, 0) is 6.42 Å². The van der Waals surface area contributed by atoms with Crippen LogP contribution < -0.4 is 10.6 Å². The third kappa shape index (κ3) is 2.98. The van der Waals surface area contributed by atoms with E-state index in [9.17, 15) is 19.7 Å². The molecule has 1 aliphatic heterocycles. The van der Waals surface area contributed by atoms with Gasteiger partial charge in [0.25, 0.3) is 17.5 Å². The SMILES string of the molecule is Cc1c(C(=O)Nc2nc3c(s2)C(=O)NCCC3)cccc1[N+](=O)[O-]. The van der Waals surface area contributed by atoms with Crippen LogP contribution >= 0.6 is 11.3 Å². The molecule has 2 amide bonds. The molecule has 1 aromatic carbocycles. The fraction of sp³-hybridized carbons (Fsp3) is 0.267. The molecule has 124 valence electrons. The van der Waals surface area contributed by atoms with Crippen molar-refractivity contribution < 1.29 is 14.5 Å². The summed E-state index contributed by atoms with van der Waals surface area (Å²) in [5.74, 6) is -0.674. The first-order valence-corrected chi connectivity index (χ1v) is 8.12. The van der Waals surface area contributed by atoms with Crippen LogP contribution in [0.15, 0.2) is 18.2 Å². The summed E-state index contributed by atoms with van der Waals surface area (Å²) in [7, 11) is 0. The van der Waals surface area contributed by atoms with Crippen molar-refractivity contribution in [2.45, 2.75) is 19.8 Å². The zero-order valence-electron chi connectivity index (χ0n) is 12.8. The first-order chi connectivity index (χ1) is 11.5. The molecule has 1 aromatic heterocycles. The van der Waals surface area contributed by atoms with Crippen molar-refractivity contribution in [2.75, 3.05) is 11.9 Å². The molecule has 0 unspecified atom stereocenters. The molecule has 3 rings (SSSR count). The van der Waals surface area contributed by atoms with Crippen molar-refractivity contribution in [2.24, 2.45) is 0 Å². The number of carbonyl (C=O) groups excluding carboxylic acids is 2. The number of rotatable bonds is 3. The summed E-state index contributed by atoms with van der Waals surface area (Å²) < 4.78 is 0. The lowest BCUT2D eigenvalue weighted by atomic mass is 10.1. The zero-order chi connectivity index (χ0) is 17.3. The molecule has 0 atom stereocenters. The maximum absolute atomic E-state index is 12.4. The molecule has 2 heterocycles. The lowest BCUT2D eigenvalue weighted by molar-refractivity contribution is -0.385. The molecule has 0 bridgehead atoms. The van der Waals surface area contributed by atoms with Crippen LogP contribution in [-0.4, -0.2) is 28.3 Å². The van der Waals surface area contributed by atoms with E-state index in [0.29, 0.717) is 28.7 Å². The van der Waals surface area contributed by atoms with E-state index in [0.717, 1.165) is 17.8 Å². The van der Waals surface area contributed by atoms with Gasteiger partial charge in [0, 0.05) is 23.7 Å². The molecule has 0 fully saturated rings. The van der Waals surface area contributed by atoms with Gasteiger partial charge in [-0.15, -0.1) is 0 Å². The number of amides is 2. The van der Waals surface area contributed by atoms with E-state index in [4.69, 9.17) is 0 Å². The number of nitrogens with zero attached hydrogens (tertiary/aromatic N) is 2. The highest BCUT2D eigenvalue weighted by Gasteiger charge is 2.23. The highest BCUT2D eigenvalue weighted by atomic mass is 32.1. The number of hydrogen-bond acceptors (Lipinski definition) is 6. The Labute approximate surface area is 141 Å². The molecule has 0 aliphatic carbocycles. The van der Waals surface area contributed by atoms with Gasteiger partial charge in [-0.05, 0) is 25.8 Å². The maximum Gasteiger partial charge on any atom is 0.273 e. The van der Waals surface area contributed by atoms with Gasteiger partial charge in [0.15, 0.2) is 5.13 Å². The van der Waals surface area contributed by atoms with Gasteiger partial charge in [0.2, 0.25) is 0 Å². The standard InChI is InChI=1S/C15H14N4O4S/c1-8-9(4-2-6-11(8)19(22)23)13(20)18-15-17-10-5-3-7-16-14(21)12(10)24-15/h2,4,6H,3,5,7H2,1H3,(H,16,21)(H,17,18,20). The number of hydrogen-bond donors (Lipinski definition) is 2. The number of nitrogens with one attached hydrogen (secondary N) is 2. The second kappa shape index (κ2) is 6.36. The van der Waals surface area contributed by atoms with E-state index in [-0.39, 0.29) is 22.7 Å².